The normalized spacial score (nSPS) is 15.8. The maximum atomic E-state index is 11.5. The van der Waals surface area contributed by atoms with Crippen LogP contribution in [-0.2, 0) is 10.8 Å². The lowest BCUT2D eigenvalue weighted by Gasteiger charge is -2.28. The number of anilines is 3. The highest BCUT2D eigenvalue weighted by Gasteiger charge is 2.21. The van der Waals surface area contributed by atoms with Gasteiger partial charge in [-0.3, -0.25) is 9.31 Å². The summed E-state index contributed by atoms with van der Waals surface area (Å²) in [5, 5.41) is 11.8. The maximum absolute atomic E-state index is 11.5. The summed E-state index contributed by atoms with van der Waals surface area (Å²) in [6, 6.07) is 7.82. The van der Waals surface area contributed by atoms with Gasteiger partial charge >= 0.3 is 0 Å². The Bertz CT molecular complexity index is 904. The molecule has 7 nitrogen and oxygen atoms in total. The third-order valence-corrected chi connectivity index (χ3v) is 5.58. The number of nitrogens with one attached hydrogen (secondary N) is 2. The predicted octanol–water partition coefficient (Wildman–Crippen LogP) is 2.32. The van der Waals surface area contributed by atoms with Gasteiger partial charge in [-0.15, -0.1) is 0 Å². The Labute approximate surface area is 145 Å². The van der Waals surface area contributed by atoms with E-state index in [0.29, 0.717) is 47.1 Å². The summed E-state index contributed by atoms with van der Waals surface area (Å²) in [7, 11) is -0.746. The zero-order valence-electron chi connectivity index (χ0n) is 12.7. The van der Waals surface area contributed by atoms with Gasteiger partial charge in [0.25, 0.3) is 0 Å². The van der Waals surface area contributed by atoms with Crippen LogP contribution in [0.5, 0.6) is 0 Å². The van der Waals surface area contributed by atoms with Crippen molar-refractivity contribution in [2.75, 3.05) is 34.8 Å². The van der Waals surface area contributed by atoms with E-state index in [1.807, 2.05) is 29.2 Å². The molecule has 2 aromatic heterocycles. The van der Waals surface area contributed by atoms with E-state index in [-0.39, 0.29) is 0 Å². The Morgan fingerprint density at radius 1 is 1.17 bits per heavy atom. The van der Waals surface area contributed by atoms with E-state index >= 15 is 0 Å². The Hall–Kier alpha value is -2.19. The van der Waals surface area contributed by atoms with Gasteiger partial charge in [0.05, 0.1) is 5.52 Å². The molecule has 0 amide bonds. The van der Waals surface area contributed by atoms with E-state index in [1.54, 1.807) is 0 Å². The topological polar surface area (TPSA) is 86.8 Å². The molecule has 0 saturated carbocycles. The summed E-state index contributed by atoms with van der Waals surface area (Å²) in [5.74, 6) is 3.09. The molecule has 2 N–H and O–H groups in total. The minimum atomic E-state index is -0.746. The molecule has 0 aliphatic carbocycles. The summed E-state index contributed by atoms with van der Waals surface area (Å²) in [4.78, 5) is 10.6. The van der Waals surface area contributed by atoms with Crippen molar-refractivity contribution >= 4 is 50.8 Å². The molecule has 3 aromatic rings. The summed E-state index contributed by atoms with van der Waals surface area (Å²) < 4.78 is 11.5. The number of rotatable bonds is 3. The van der Waals surface area contributed by atoms with Crippen molar-refractivity contribution in [2.45, 2.75) is 0 Å². The van der Waals surface area contributed by atoms with Gasteiger partial charge in [-0.25, -0.2) is 9.97 Å². The van der Waals surface area contributed by atoms with Crippen LogP contribution >= 0.6 is 11.6 Å². The molecule has 124 valence electrons. The monoisotopic (exact) mass is 362 g/mol. The van der Waals surface area contributed by atoms with E-state index in [0.717, 1.165) is 10.9 Å². The fourth-order valence-electron chi connectivity index (χ4n) is 2.69. The van der Waals surface area contributed by atoms with Crippen molar-refractivity contribution in [2.24, 2.45) is 0 Å². The SMILES string of the molecule is O=S1CCN(c2ncnc(Nc3n[nH]c4ccccc34)c2Cl)CC1. The largest absolute Gasteiger partial charge is 0.353 e. The first kappa shape index (κ1) is 15.3. The molecule has 1 aliphatic rings. The van der Waals surface area contributed by atoms with Crippen molar-refractivity contribution in [3.63, 3.8) is 0 Å². The van der Waals surface area contributed by atoms with Gasteiger partial charge in [0.1, 0.15) is 11.3 Å². The number of aromatic nitrogens is 4. The van der Waals surface area contributed by atoms with Crippen LogP contribution in [0.2, 0.25) is 5.02 Å². The highest BCUT2D eigenvalue weighted by atomic mass is 35.5. The van der Waals surface area contributed by atoms with Gasteiger partial charge in [0.15, 0.2) is 17.5 Å². The Kier molecular flexibility index (Phi) is 4.07. The third-order valence-electron chi connectivity index (χ3n) is 3.96. The zero-order chi connectivity index (χ0) is 16.5. The molecular weight excluding hydrogens is 348 g/mol. The molecular formula is C15H15ClN6OS. The molecule has 0 bridgehead atoms. The maximum Gasteiger partial charge on any atom is 0.161 e. The molecule has 0 atom stereocenters. The number of hydrogen-bond donors (Lipinski definition) is 2. The molecule has 0 radical (unpaired) electrons. The van der Waals surface area contributed by atoms with Gasteiger partial charge in [-0.05, 0) is 12.1 Å². The number of H-pyrrole nitrogens is 1. The molecule has 1 fully saturated rings. The second kappa shape index (κ2) is 6.37. The van der Waals surface area contributed by atoms with Crippen LogP contribution in [0.25, 0.3) is 10.9 Å². The number of nitrogens with zero attached hydrogens (tertiary/aromatic N) is 4. The van der Waals surface area contributed by atoms with Gasteiger partial charge < -0.3 is 10.2 Å². The second-order valence-electron chi connectivity index (χ2n) is 5.44. The van der Waals surface area contributed by atoms with Gasteiger partial charge in [0, 0.05) is 40.8 Å². The summed E-state index contributed by atoms with van der Waals surface area (Å²) in [6.45, 7) is 1.35. The van der Waals surface area contributed by atoms with E-state index in [4.69, 9.17) is 11.6 Å². The van der Waals surface area contributed by atoms with Crippen LogP contribution in [0, 0.1) is 0 Å². The van der Waals surface area contributed by atoms with E-state index in [9.17, 15) is 4.21 Å². The van der Waals surface area contributed by atoms with Crippen LogP contribution in [0.4, 0.5) is 17.5 Å². The molecule has 1 saturated heterocycles. The molecule has 4 rings (SSSR count). The number of hydrogen-bond acceptors (Lipinski definition) is 6. The van der Waals surface area contributed by atoms with Crippen molar-refractivity contribution in [3.05, 3.63) is 35.6 Å². The van der Waals surface area contributed by atoms with Crippen molar-refractivity contribution < 1.29 is 4.21 Å². The zero-order valence-corrected chi connectivity index (χ0v) is 14.3. The number of para-hydroxylation sites is 1. The molecule has 9 heteroatoms. The summed E-state index contributed by atoms with van der Waals surface area (Å²) in [6.07, 6.45) is 1.48. The van der Waals surface area contributed by atoms with Crippen LogP contribution < -0.4 is 10.2 Å². The van der Waals surface area contributed by atoms with Gasteiger partial charge in [0.2, 0.25) is 0 Å². The fourth-order valence-corrected chi connectivity index (χ4v) is 4.01. The van der Waals surface area contributed by atoms with Crippen molar-refractivity contribution in [1.29, 1.82) is 0 Å². The summed E-state index contributed by atoms with van der Waals surface area (Å²) >= 11 is 6.50. The smallest absolute Gasteiger partial charge is 0.161 e. The Balaban J connectivity index is 1.64. The Morgan fingerprint density at radius 3 is 2.79 bits per heavy atom. The Morgan fingerprint density at radius 2 is 1.96 bits per heavy atom. The first-order valence-electron chi connectivity index (χ1n) is 7.53. The lowest BCUT2D eigenvalue weighted by atomic mass is 10.2. The second-order valence-corrected chi connectivity index (χ2v) is 7.51. The number of halogens is 1. The van der Waals surface area contributed by atoms with Crippen molar-refractivity contribution in [1.82, 2.24) is 20.2 Å². The molecule has 0 unspecified atom stereocenters. The molecule has 3 heterocycles. The van der Waals surface area contributed by atoms with E-state index in [2.05, 4.69) is 25.5 Å². The molecule has 24 heavy (non-hydrogen) atoms. The predicted molar refractivity (Wildman–Crippen MR) is 96.5 cm³/mol. The average molecular weight is 363 g/mol. The molecule has 1 aliphatic heterocycles. The van der Waals surface area contributed by atoms with Crippen LogP contribution in [0.1, 0.15) is 0 Å². The standard InChI is InChI=1S/C15H15ClN6OS/c16-12-14(19-13-10-3-1-2-4-11(10)20-21-13)17-9-18-15(12)22-5-7-24(23)8-6-22/h1-4,9H,5-8H2,(H2,17,18,19,20,21). The number of aromatic amines is 1. The third kappa shape index (κ3) is 2.83. The van der Waals surface area contributed by atoms with E-state index < -0.39 is 10.8 Å². The minimum absolute atomic E-state index is 0.442. The first-order chi connectivity index (χ1) is 11.7. The van der Waals surface area contributed by atoms with Crippen LogP contribution in [0.3, 0.4) is 0 Å². The average Bonchev–Trinajstić information content (AvgIpc) is 3.01. The highest BCUT2D eigenvalue weighted by Crippen LogP contribution is 2.32. The van der Waals surface area contributed by atoms with Crippen LogP contribution in [0.15, 0.2) is 30.6 Å². The van der Waals surface area contributed by atoms with Crippen molar-refractivity contribution in [3.8, 4) is 0 Å². The van der Waals surface area contributed by atoms with E-state index in [1.165, 1.54) is 6.33 Å². The molecule has 1 aromatic carbocycles. The number of fused-ring (bicyclic) bond motifs is 1. The van der Waals surface area contributed by atoms with Crippen LogP contribution in [-0.4, -0.2) is 49.0 Å². The number of benzene rings is 1. The van der Waals surface area contributed by atoms with Gasteiger partial charge in [-0.2, -0.15) is 5.10 Å². The highest BCUT2D eigenvalue weighted by molar-refractivity contribution is 7.85. The lowest BCUT2D eigenvalue weighted by Crippen LogP contribution is -2.38. The van der Waals surface area contributed by atoms with Gasteiger partial charge in [-0.1, -0.05) is 23.7 Å². The minimum Gasteiger partial charge on any atom is -0.353 e. The quantitative estimate of drug-likeness (QED) is 0.743. The molecule has 0 spiro atoms. The summed E-state index contributed by atoms with van der Waals surface area (Å²) in [5.41, 5.74) is 0.934. The first-order valence-corrected chi connectivity index (χ1v) is 9.39. The lowest BCUT2D eigenvalue weighted by molar-refractivity contribution is 0.672. The fraction of sp³-hybridized carbons (Fsp3) is 0.267.